The molecule has 0 aliphatic heterocycles. The summed E-state index contributed by atoms with van der Waals surface area (Å²) in [5.74, 6) is 1.27. The first-order valence-electron chi connectivity index (χ1n) is 10.7. The van der Waals surface area contributed by atoms with Crippen LogP contribution in [0.5, 0.6) is 5.75 Å². The van der Waals surface area contributed by atoms with Crippen LogP contribution in [-0.4, -0.2) is 43.1 Å². The number of aryl methyl sites for hydroxylation is 3. The van der Waals surface area contributed by atoms with E-state index in [0.717, 1.165) is 41.5 Å². The van der Waals surface area contributed by atoms with Crippen molar-refractivity contribution < 1.29 is 14.9 Å². The second kappa shape index (κ2) is 7.25. The molecule has 4 atom stereocenters. The summed E-state index contributed by atoms with van der Waals surface area (Å²) in [6, 6.07) is 3.94. The maximum Gasteiger partial charge on any atom is 0.146 e. The van der Waals surface area contributed by atoms with Gasteiger partial charge in [-0.25, -0.2) is 9.97 Å². The third-order valence-electron chi connectivity index (χ3n) is 6.63. The molecule has 7 nitrogen and oxygen atoms in total. The topological polar surface area (TPSA) is 106 Å². The molecule has 1 fully saturated rings. The van der Waals surface area contributed by atoms with Gasteiger partial charge in [-0.2, -0.15) is 0 Å². The van der Waals surface area contributed by atoms with Crippen LogP contribution in [0.1, 0.15) is 47.6 Å². The van der Waals surface area contributed by atoms with E-state index in [9.17, 15) is 10.2 Å². The second-order valence-corrected chi connectivity index (χ2v) is 8.73. The molecule has 2 aromatic heterocycles. The summed E-state index contributed by atoms with van der Waals surface area (Å²) in [5, 5.41) is 22.5. The van der Waals surface area contributed by atoms with Gasteiger partial charge in [-0.05, 0) is 67.9 Å². The van der Waals surface area contributed by atoms with Gasteiger partial charge in [-0.1, -0.05) is 6.07 Å². The molecule has 0 radical (unpaired) electrons. The number of ether oxygens (including phenoxy) is 1. The van der Waals surface area contributed by atoms with E-state index < -0.39 is 18.3 Å². The molecule has 0 amide bonds. The van der Waals surface area contributed by atoms with E-state index in [2.05, 4.69) is 29.0 Å². The summed E-state index contributed by atoms with van der Waals surface area (Å²) < 4.78 is 8.26. The lowest BCUT2D eigenvalue weighted by Gasteiger charge is -2.24. The molecule has 2 aliphatic rings. The molecule has 0 unspecified atom stereocenters. The zero-order chi connectivity index (χ0) is 21.0. The van der Waals surface area contributed by atoms with E-state index >= 15 is 0 Å². The smallest absolute Gasteiger partial charge is 0.146 e. The van der Waals surface area contributed by atoms with Crippen molar-refractivity contribution in [3.8, 4) is 5.75 Å². The SMILES string of the molecule is Cc1cc2c(c(O[C@H]3C[C@@H](n4cc(C)c5c(N)ncnc54)[C@H](O)[C@@H]3O)c1)CCCC2. The molecule has 2 heterocycles. The third-order valence-corrected chi connectivity index (χ3v) is 6.63. The number of hydrogen-bond acceptors (Lipinski definition) is 6. The Kier molecular flexibility index (Phi) is 4.67. The minimum atomic E-state index is -0.980. The predicted octanol–water partition coefficient (Wildman–Crippen LogP) is 2.62. The number of aromatic nitrogens is 3. The predicted molar refractivity (Wildman–Crippen MR) is 115 cm³/mol. The van der Waals surface area contributed by atoms with Crippen molar-refractivity contribution in [1.82, 2.24) is 14.5 Å². The zero-order valence-corrected chi connectivity index (χ0v) is 17.4. The molecule has 4 N–H and O–H groups in total. The summed E-state index contributed by atoms with van der Waals surface area (Å²) >= 11 is 0. The normalized spacial score (nSPS) is 26.1. The van der Waals surface area contributed by atoms with Gasteiger partial charge in [-0.3, -0.25) is 0 Å². The quantitative estimate of drug-likeness (QED) is 0.615. The third kappa shape index (κ3) is 3.04. The molecule has 158 valence electrons. The molecule has 30 heavy (non-hydrogen) atoms. The van der Waals surface area contributed by atoms with Crippen LogP contribution >= 0.6 is 0 Å². The number of fused-ring (bicyclic) bond motifs is 2. The first-order valence-corrected chi connectivity index (χ1v) is 10.7. The number of nitrogen functional groups attached to an aromatic ring is 1. The monoisotopic (exact) mass is 408 g/mol. The van der Waals surface area contributed by atoms with Gasteiger partial charge in [0.05, 0.1) is 11.4 Å². The van der Waals surface area contributed by atoms with Crippen molar-refractivity contribution in [2.75, 3.05) is 5.73 Å². The van der Waals surface area contributed by atoms with E-state index in [0.29, 0.717) is 17.9 Å². The average Bonchev–Trinajstić information content (AvgIpc) is 3.20. The van der Waals surface area contributed by atoms with Crippen LogP contribution in [0, 0.1) is 13.8 Å². The average molecular weight is 409 g/mol. The van der Waals surface area contributed by atoms with E-state index in [1.165, 1.54) is 23.9 Å². The molecule has 1 aromatic carbocycles. The summed E-state index contributed by atoms with van der Waals surface area (Å²) in [4.78, 5) is 8.46. The number of anilines is 1. The van der Waals surface area contributed by atoms with Crippen molar-refractivity contribution in [2.24, 2.45) is 0 Å². The van der Waals surface area contributed by atoms with Crippen molar-refractivity contribution >= 4 is 16.9 Å². The standard InChI is InChI=1S/C23H28N4O3/c1-12-7-14-5-3-4-6-15(14)17(8-12)30-18-9-16(20(28)21(18)29)27-10-13(2)19-22(24)25-11-26-23(19)27/h7-8,10-11,16,18,20-21,28-29H,3-6,9H2,1-2H3,(H2,24,25,26)/t16-,18+,20+,21-/m1/s1. The first kappa shape index (κ1) is 19.3. The van der Waals surface area contributed by atoms with Gasteiger partial charge in [0.2, 0.25) is 0 Å². The molecule has 2 aliphatic carbocycles. The number of rotatable bonds is 3. The Morgan fingerprint density at radius 3 is 2.73 bits per heavy atom. The molecule has 1 saturated carbocycles. The fraction of sp³-hybridized carbons (Fsp3) is 0.478. The molecule has 3 aromatic rings. The fourth-order valence-electron chi connectivity index (χ4n) is 5.16. The molecule has 0 saturated heterocycles. The highest BCUT2D eigenvalue weighted by atomic mass is 16.5. The van der Waals surface area contributed by atoms with Gasteiger partial charge in [0.25, 0.3) is 0 Å². The number of hydrogen-bond donors (Lipinski definition) is 3. The molecule has 7 heteroatoms. The van der Waals surface area contributed by atoms with E-state index in [-0.39, 0.29) is 6.04 Å². The Morgan fingerprint density at radius 1 is 1.10 bits per heavy atom. The van der Waals surface area contributed by atoms with Gasteiger partial charge in [-0.15, -0.1) is 0 Å². The van der Waals surface area contributed by atoms with Gasteiger partial charge >= 0.3 is 0 Å². The van der Waals surface area contributed by atoms with Gasteiger partial charge in [0.15, 0.2) is 0 Å². The maximum absolute atomic E-state index is 10.9. The summed E-state index contributed by atoms with van der Waals surface area (Å²) in [5.41, 5.74) is 11.4. The van der Waals surface area contributed by atoms with Crippen molar-refractivity contribution in [1.29, 1.82) is 0 Å². The van der Waals surface area contributed by atoms with Crippen molar-refractivity contribution in [2.45, 2.75) is 70.3 Å². The number of aliphatic hydroxyl groups is 2. The van der Waals surface area contributed by atoms with E-state index in [1.54, 1.807) is 0 Å². The lowest BCUT2D eigenvalue weighted by atomic mass is 9.89. The van der Waals surface area contributed by atoms with Crippen LogP contribution in [0.3, 0.4) is 0 Å². The summed E-state index contributed by atoms with van der Waals surface area (Å²) in [7, 11) is 0. The van der Waals surface area contributed by atoms with Gasteiger partial charge in [0.1, 0.15) is 41.9 Å². The molecular formula is C23H28N4O3. The lowest BCUT2D eigenvalue weighted by molar-refractivity contribution is -0.0166. The lowest BCUT2D eigenvalue weighted by Crippen LogP contribution is -2.34. The number of nitrogens with two attached hydrogens (primary N) is 1. The Labute approximate surface area is 175 Å². The van der Waals surface area contributed by atoms with E-state index in [4.69, 9.17) is 10.5 Å². The van der Waals surface area contributed by atoms with Crippen LogP contribution in [-0.2, 0) is 12.8 Å². The summed E-state index contributed by atoms with van der Waals surface area (Å²) in [6.45, 7) is 4.02. The van der Waals surface area contributed by atoms with Crippen LogP contribution < -0.4 is 10.5 Å². The molecule has 5 rings (SSSR count). The zero-order valence-electron chi connectivity index (χ0n) is 17.4. The highest BCUT2D eigenvalue weighted by Gasteiger charge is 2.45. The summed E-state index contributed by atoms with van der Waals surface area (Å²) in [6.07, 6.45) is 5.83. The Balaban J connectivity index is 1.47. The minimum absolute atomic E-state index is 0.351. The van der Waals surface area contributed by atoms with Crippen LogP contribution in [0.25, 0.3) is 11.0 Å². The number of benzene rings is 1. The fourth-order valence-corrected chi connectivity index (χ4v) is 5.16. The Morgan fingerprint density at radius 2 is 1.90 bits per heavy atom. The highest BCUT2D eigenvalue weighted by Crippen LogP contribution is 2.39. The highest BCUT2D eigenvalue weighted by molar-refractivity contribution is 5.89. The molecule has 0 bridgehead atoms. The minimum Gasteiger partial charge on any atom is -0.487 e. The second-order valence-electron chi connectivity index (χ2n) is 8.73. The number of aliphatic hydroxyl groups excluding tert-OH is 2. The van der Waals surface area contributed by atoms with Crippen LogP contribution in [0.2, 0.25) is 0 Å². The Bertz CT molecular complexity index is 1110. The largest absolute Gasteiger partial charge is 0.487 e. The molecule has 0 spiro atoms. The number of nitrogens with zero attached hydrogens (tertiary/aromatic N) is 3. The van der Waals surface area contributed by atoms with Crippen LogP contribution in [0.15, 0.2) is 24.7 Å². The molecular weight excluding hydrogens is 380 g/mol. The van der Waals surface area contributed by atoms with Crippen molar-refractivity contribution in [3.05, 3.63) is 46.9 Å². The van der Waals surface area contributed by atoms with E-state index in [1.807, 2.05) is 17.7 Å². The van der Waals surface area contributed by atoms with Gasteiger partial charge < -0.3 is 25.3 Å². The van der Waals surface area contributed by atoms with Crippen molar-refractivity contribution in [3.63, 3.8) is 0 Å². The maximum atomic E-state index is 10.9. The first-order chi connectivity index (χ1) is 14.4. The van der Waals surface area contributed by atoms with Gasteiger partial charge in [0, 0.05) is 12.6 Å². The van der Waals surface area contributed by atoms with Crippen LogP contribution in [0.4, 0.5) is 5.82 Å². The Hall–Kier alpha value is -2.64.